The predicted octanol–water partition coefficient (Wildman–Crippen LogP) is -1.60. The number of aliphatic hydroxyl groups excluding tert-OH is 1. The van der Waals surface area contributed by atoms with Crippen LogP contribution in [0, 0.1) is 0 Å². The molecule has 0 aliphatic carbocycles. The summed E-state index contributed by atoms with van der Waals surface area (Å²) in [7, 11) is 0. The van der Waals surface area contributed by atoms with E-state index in [0.717, 1.165) is 0 Å². The van der Waals surface area contributed by atoms with E-state index >= 15 is 0 Å². The topological polar surface area (TPSA) is 72.4 Å². The van der Waals surface area contributed by atoms with Crippen molar-refractivity contribution in [3.8, 4) is 0 Å². The Balaban J connectivity index is 2.82. The smallest absolute Gasteiger partial charge is 0.0589 e. The van der Waals surface area contributed by atoms with Gasteiger partial charge in [0.05, 0.1) is 12.5 Å². The summed E-state index contributed by atoms with van der Waals surface area (Å²) >= 11 is -2.04. The monoisotopic (exact) mass is 138 g/mol. The molecule has 0 aromatic carbocycles. The number of aliphatic hydroxyl groups is 1. The predicted molar refractivity (Wildman–Crippen MR) is 28.9 cm³/mol. The van der Waals surface area contributed by atoms with Gasteiger partial charge in [-0.15, -0.1) is 0 Å². The van der Waals surface area contributed by atoms with Gasteiger partial charge in [-0.25, -0.2) is 0 Å². The van der Waals surface area contributed by atoms with Crippen molar-refractivity contribution in [2.75, 3.05) is 19.0 Å². The SMILES string of the molecule is O=S([O-])CNCCO. The van der Waals surface area contributed by atoms with Gasteiger partial charge in [0.15, 0.2) is 0 Å². The van der Waals surface area contributed by atoms with Gasteiger partial charge in [0.2, 0.25) is 0 Å². The van der Waals surface area contributed by atoms with E-state index in [9.17, 15) is 8.76 Å². The summed E-state index contributed by atoms with van der Waals surface area (Å²) in [4.78, 5) is 0. The molecular weight excluding hydrogens is 130 g/mol. The van der Waals surface area contributed by atoms with E-state index in [4.69, 9.17) is 5.11 Å². The Kier molecular flexibility index (Phi) is 5.19. The van der Waals surface area contributed by atoms with E-state index in [0.29, 0.717) is 6.54 Å². The third kappa shape index (κ3) is 6.03. The highest BCUT2D eigenvalue weighted by molar-refractivity contribution is 7.79. The Hall–Kier alpha value is 0.0300. The van der Waals surface area contributed by atoms with Crippen LogP contribution in [0.4, 0.5) is 0 Å². The highest BCUT2D eigenvalue weighted by Gasteiger charge is 1.80. The third-order valence-corrected chi connectivity index (χ3v) is 0.948. The molecule has 0 aromatic rings. The lowest BCUT2D eigenvalue weighted by Gasteiger charge is -2.03. The third-order valence-electron chi connectivity index (χ3n) is 0.508. The van der Waals surface area contributed by atoms with Crippen LogP contribution < -0.4 is 5.32 Å². The molecular formula is C3H8NO3S-. The minimum absolute atomic E-state index is 0.0306. The summed E-state index contributed by atoms with van der Waals surface area (Å²) in [6, 6.07) is 0. The largest absolute Gasteiger partial charge is 0.771 e. The summed E-state index contributed by atoms with van der Waals surface area (Å²) < 4.78 is 19.5. The molecule has 0 rings (SSSR count). The molecule has 0 amide bonds. The van der Waals surface area contributed by atoms with Crippen LogP contribution in [0.1, 0.15) is 0 Å². The Morgan fingerprint density at radius 2 is 2.38 bits per heavy atom. The second-order valence-corrected chi connectivity index (χ2v) is 2.07. The summed E-state index contributed by atoms with van der Waals surface area (Å²) in [5, 5.41) is 10.6. The first-order valence-electron chi connectivity index (χ1n) is 2.15. The molecule has 0 radical (unpaired) electrons. The molecule has 4 nitrogen and oxygen atoms in total. The minimum atomic E-state index is -2.04. The van der Waals surface area contributed by atoms with Gasteiger partial charge < -0.3 is 15.0 Å². The van der Waals surface area contributed by atoms with Crippen molar-refractivity contribution in [2.45, 2.75) is 0 Å². The van der Waals surface area contributed by atoms with Gasteiger partial charge in [-0.1, -0.05) is 0 Å². The molecule has 50 valence electrons. The molecule has 1 atom stereocenters. The summed E-state index contributed by atoms with van der Waals surface area (Å²) in [6.07, 6.45) is 0. The quantitative estimate of drug-likeness (QED) is 0.362. The molecule has 8 heavy (non-hydrogen) atoms. The Labute approximate surface area is 50.2 Å². The van der Waals surface area contributed by atoms with Crippen molar-refractivity contribution in [1.29, 1.82) is 0 Å². The molecule has 0 aliphatic heterocycles. The van der Waals surface area contributed by atoms with Crippen LogP contribution >= 0.6 is 0 Å². The second kappa shape index (κ2) is 5.17. The van der Waals surface area contributed by atoms with Gasteiger partial charge in [-0.3, -0.25) is 4.21 Å². The van der Waals surface area contributed by atoms with Gasteiger partial charge in [-0.05, 0) is 11.1 Å². The molecule has 0 aliphatic rings. The van der Waals surface area contributed by atoms with E-state index in [-0.39, 0.29) is 12.5 Å². The maximum absolute atomic E-state index is 9.73. The van der Waals surface area contributed by atoms with Gasteiger partial charge in [0.1, 0.15) is 0 Å². The van der Waals surface area contributed by atoms with Gasteiger partial charge in [0, 0.05) is 6.54 Å². The Morgan fingerprint density at radius 3 is 2.75 bits per heavy atom. The van der Waals surface area contributed by atoms with Gasteiger partial charge in [-0.2, -0.15) is 0 Å². The fourth-order valence-electron chi connectivity index (χ4n) is 0.235. The zero-order valence-electron chi connectivity index (χ0n) is 4.29. The summed E-state index contributed by atoms with van der Waals surface area (Å²) in [6.45, 7) is 0.297. The highest BCUT2D eigenvalue weighted by Crippen LogP contribution is 1.64. The van der Waals surface area contributed by atoms with E-state index < -0.39 is 11.1 Å². The van der Waals surface area contributed by atoms with Crippen LogP contribution in [-0.2, 0) is 11.1 Å². The van der Waals surface area contributed by atoms with Crippen molar-refractivity contribution in [3.63, 3.8) is 0 Å². The van der Waals surface area contributed by atoms with E-state index in [1.165, 1.54) is 0 Å². The summed E-state index contributed by atoms with van der Waals surface area (Å²) in [5.74, 6) is -0.0828. The Morgan fingerprint density at radius 1 is 1.75 bits per heavy atom. The molecule has 0 aromatic heterocycles. The standard InChI is InChI=1S/C3H9NO3S/c5-2-1-4-3-8(6)7/h4-5H,1-3H2,(H,6,7)/p-1. The Bertz CT molecular complexity index is 76.9. The fourth-order valence-corrected chi connectivity index (χ4v) is 0.546. The number of rotatable bonds is 4. The van der Waals surface area contributed by atoms with Crippen LogP contribution in [0.3, 0.4) is 0 Å². The van der Waals surface area contributed by atoms with Crippen LogP contribution in [0.5, 0.6) is 0 Å². The minimum Gasteiger partial charge on any atom is -0.771 e. The summed E-state index contributed by atoms with van der Waals surface area (Å²) in [5.41, 5.74) is 0. The number of hydrogen-bond donors (Lipinski definition) is 2. The zero-order valence-corrected chi connectivity index (χ0v) is 5.11. The molecule has 5 heteroatoms. The normalized spacial score (nSPS) is 13.8. The average molecular weight is 138 g/mol. The number of hydrogen-bond acceptors (Lipinski definition) is 4. The van der Waals surface area contributed by atoms with Crippen molar-refractivity contribution in [3.05, 3.63) is 0 Å². The molecule has 1 unspecified atom stereocenters. The first-order valence-corrected chi connectivity index (χ1v) is 3.39. The van der Waals surface area contributed by atoms with E-state index in [2.05, 4.69) is 5.32 Å². The van der Waals surface area contributed by atoms with Crippen LogP contribution in [0.2, 0.25) is 0 Å². The van der Waals surface area contributed by atoms with Crippen LogP contribution in [-0.4, -0.2) is 32.9 Å². The van der Waals surface area contributed by atoms with Gasteiger partial charge >= 0.3 is 0 Å². The number of nitrogens with one attached hydrogen (secondary N) is 1. The van der Waals surface area contributed by atoms with Crippen molar-refractivity contribution in [2.24, 2.45) is 0 Å². The average Bonchev–Trinajstić information content (AvgIpc) is 1.66. The first kappa shape index (κ1) is 8.03. The zero-order chi connectivity index (χ0) is 6.41. The molecule has 0 saturated heterocycles. The van der Waals surface area contributed by atoms with Crippen LogP contribution in [0.15, 0.2) is 0 Å². The molecule has 2 N–H and O–H groups in total. The second-order valence-electron chi connectivity index (χ2n) is 1.17. The highest BCUT2D eigenvalue weighted by atomic mass is 32.2. The van der Waals surface area contributed by atoms with E-state index in [1.807, 2.05) is 0 Å². The van der Waals surface area contributed by atoms with Crippen LogP contribution in [0.25, 0.3) is 0 Å². The molecule has 0 fully saturated rings. The van der Waals surface area contributed by atoms with Crippen molar-refractivity contribution >= 4 is 11.1 Å². The molecule has 0 saturated carbocycles. The maximum Gasteiger partial charge on any atom is 0.0589 e. The molecule has 0 bridgehead atoms. The lowest BCUT2D eigenvalue weighted by molar-refractivity contribution is 0.295. The maximum atomic E-state index is 9.73. The molecule has 0 spiro atoms. The first-order chi connectivity index (χ1) is 3.77. The van der Waals surface area contributed by atoms with Crippen molar-refractivity contribution in [1.82, 2.24) is 5.32 Å². The van der Waals surface area contributed by atoms with E-state index in [1.54, 1.807) is 0 Å². The lowest BCUT2D eigenvalue weighted by Crippen LogP contribution is -2.22. The van der Waals surface area contributed by atoms with Crippen molar-refractivity contribution < 1.29 is 13.9 Å². The van der Waals surface area contributed by atoms with Gasteiger partial charge in [0.25, 0.3) is 0 Å². The fraction of sp³-hybridized carbons (Fsp3) is 1.00. The molecule has 0 heterocycles. The lowest BCUT2D eigenvalue weighted by atomic mass is 10.7.